The van der Waals surface area contributed by atoms with Crippen LogP contribution < -0.4 is 5.32 Å². The van der Waals surface area contributed by atoms with E-state index < -0.39 is 5.51 Å². The van der Waals surface area contributed by atoms with Crippen LogP contribution in [0.3, 0.4) is 0 Å². The average molecular weight is 319 g/mol. The number of piperidine rings is 1. The molecule has 1 N–H and O–H groups in total. The number of aromatic nitrogens is 1. The van der Waals surface area contributed by atoms with Gasteiger partial charge in [0.05, 0.1) is 5.56 Å². The highest BCUT2D eigenvalue weighted by molar-refractivity contribution is 8.00. The Kier molecular flexibility index (Phi) is 5.10. The first-order valence-electron chi connectivity index (χ1n) is 6.58. The van der Waals surface area contributed by atoms with E-state index in [1.54, 1.807) is 4.90 Å². The Labute approximate surface area is 125 Å². The second-order valence-corrected chi connectivity index (χ2v) is 5.81. The molecule has 4 nitrogen and oxygen atoms in total. The van der Waals surface area contributed by atoms with Crippen LogP contribution in [0.1, 0.15) is 23.2 Å². The monoisotopic (exact) mass is 319 g/mol. The lowest BCUT2D eigenvalue weighted by Gasteiger charge is -2.32. The van der Waals surface area contributed by atoms with Crippen molar-refractivity contribution in [2.75, 3.05) is 20.1 Å². The van der Waals surface area contributed by atoms with Gasteiger partial charge in [0.15, 0.2) is 0 Å². The summed E-state index contributed by atoms with van der Waals surface area (Å²) in [5.41, 5.74) is -4.44. The number of hydrogen-bond acceptors (Lipinski definition) is 4. The number of hydrogen-bond donors (Lipinski definition) is 1. The van der Waals surface area contributed by atoms with E-state index in [4.69, 9.17) is 0 Å². The highest BCUT2D eigenvalue weighted by atomic mass is 32.2. The smallest absolute Gasteiger partial charge is 0.338 e. The van der Waals surface area contributed by atoms with Crippen LogP contribution in [0.2, 0.25) is 0 Å². The van der Waals surface area contributed by atoms with Crippen molar-refractivity contribution in [2.24, 2.45) is 0 Å². The molecule has 0 spiro atoms. The Morgan fingerprint density at radius 2 is 2.10 bits per heavy atom. The fourth-order valence-corrected chi connectivity index (χ4v) is 2.88. The lowest BCUT2D eigenvalue weighted by Crippen LogP contribution is -2.44. The molecule has 0 aliphatic carbocycles. The van der Waals surface area contributed by atoms with E-state index in [0.29, 0.717) is 19.1 Å². The molecule has 0 bridgehead atoms. The van der Waals surface area contributed by atoms with Gasteiger partial charge in [0.1, 0.15) is 5.03 Å². The predicted molar refractivity (Wildman–Crippen MR) is 74.1 cm³/mol. The molecule has 1 amide bonds. The SMILES string of the molecule is CNC1CCN(C(=O)c2cccnc2SC(F)(F)F)CC1. The van der Waals surface area contributed by atoms with E-state index in [9.17, 15) is 18.0 Å². The fourth-order valence-electron chi connectivity index (χ4n) is 2.29. The highest BCUT2D eigenvalue weighted by Crippen LogP contribution is 2.37. The summed E-state index contributed by atoms with van der Waals surface area (Å²) in [5.74, 6) is -0.385. The van der Waals surface area contributed by atoms with Gasteiger partial charge in [0.25, 0.3) is 5.91 Å². The first-order valence-corrected chi connectivity index (χ1v) is 7.39. The van der Waals surface area contributed by atoms with Crippen molar-refractivity contribution < 1.29 is 18.0 Å². The number of pyridine rings is 1. The molecule has 0 unspecified atom stereocenters. The molecule has 1 saturated heterocycles. The number of nitrogens with one attached hydrogen (secondary N) is 1. The quantitative estimate of drug-likeness (QED) is 0.870. The van der Waals surface area contributed by atoms with E-state index in [-0.39, 0.29) is 28.3 Å². The number of likely N-dealkylation sites (tertiary alicyclic amines) is 1. The third-order valence-electron chi connectivity index (χ3n) is 3.40. The third-order valence-corrected chi connectivity index (χ3v) is 4.15. The summed E-state index contributed by atoms with van der Waals surface area (Å²) in [7, 11) is 1.86. The van der Waals surface area contributed by atoms with Crippen LogP contribution >= 0.6 is 11.8 Å². The topological polar surface area (TPSA) is 45.2 Å². The van der Waals surface area contributed by atoms with Gasteiger partial charge in [-0.3, -0.25) is 4.79 Å². The first kappa shape index (κ1) is 16.1. The summed E-state index contributed by atoms with van der Waals surface area (Å²) in [6.07, 6.45) is 2.85. The Morgan fingerprint density at radius 3 is 2.67 bits per heavy atom. The number of alkyl halides is 3. The van der Waals surface area contributed by atoms with Crippen LogP contribution in [0.4, 0.5) is 13.2 Å². The summed E-state index contributed by atoms with van der Waals surface area (Å²) in [6.45, 7) is 1.07. The standard InChI is InChI=1S/C13H16F3N3OS/c1-17-9-4-7-19(8-5-9)12(20)10-3-2-6-18-11(10)21-13(14,15)16/h2-3,6,9,17H,4-5,7-8H2,1H3. The molecule has 1 aromatic heterocycles. The summed E-state index contributed by atoms with van der Waals surface area (Å²) >= 11 is -0.346. The number of amides is 1. The molecule has 1 aliphatic heterocycles. The molecule has 21 heavy (non-hydrogen) atoms. The number of thioether (sulfide) groups is 1. The zero-order valence-electron chi connectivity index (χ0n) is 11.5. The van der Waals surface area contributed by atoms with Crippen LogP contribution in [-0.4, -0.2) is 47.5 Å². The van der Waals surface area contributed by atoms with Crippen molar-refractivity contribution in [3.8, 4) is 0 Å². The van der Waals surface area contributed by atoms with Crippen LogP contribution in [0, 0.1) is 0 Å². The van der Waals surface area contributed by atoms with Crippen molar-refractivity contribution in [2.45, 2.75) is 29.4 Å². The van der Waals surface area contributed by atoms with E-state index in [2.05, 4.69) is 10.3 Å². The van der Waals surface area contributed by atoms with E-state index in [0.717, 1.165) is 12.8 Å². The molecular weight excluding hydrogens is 303 g/mol. The Morgan fingerprint density at radius 1 is 1.43 bits per heavy atom. The lowest BCUT2D eigenvalue weighted by atomic mass is 10.0. The van der Waals surface area contributed by atoms with Gasteiger partial charge in [-0.2, -0.15) is 13.2 Å². The number of carbonyl (C=O) groups is 1. The van der Waals surface area contributed by atoms with Gasteiger partial charge in [0, 0.05) is 37.1 Å². The van der Waals surface area contributed by atoms with E-state index in [1.807, 2.05) is 7.05 Å². The summed E-state index contributed by atoms with van der Waals surface area (Å²) in [6, 6.07) is 3.23. The minimum atomic E-state index is -4.46. The van der Waals surface area contributed by atoms with E-state index >= 15 is 0 Å². The number of rotatable bonds is 3. The molecule has 0 radical (unpaired) electrons. The number of carbonyl (C=O) groups excluding carboxylic acids is 1. The average Bonchev–Trinajstić information content (AvgIpc) is 2.45. The molecule has 1 aliphatic rings. The van der Waals surface area contributed by atoms with Crippen molar-refractivity contribution in [1.29, 1.82) is 0 Å². The number of nitrogens with zero attached hydrogens (tertiary/aromatic N) is 2. The molecule has 116 valence electrons. The van der Waals surface area contributed by atoms with Gasteiger partial charge >= 0.3 is 5.51 Å². The normalized spacial score (nSPS) is 17.0. The largest absolute Gasteiger partial charge is 0.447 e. The van der Waals surface area contributed by atoms with Crippen molar-refractivity contribution >= 4 is 17.7 Å². The van der Waals surface area contributed by atoms with E-state index in [1.165, 1.54) is 18.3 Å². The number of halogens is 3. The molecule has 0 saturated carbocycles. The van der Waals surface area contributed by atoms with Gasteiger partial charge in [0.2, 0.25) is 0 Å². The predicted octanol–water partition coefficient (Wildman–Crippen LogP) is 2.52. The van der Waals surface area contributed by atoms with Crippen molar-refractivity contribution in [3.63, 3.8) is 0 Å². The van der Waals surface area contributed by atoms with Gasteiger partial charge in [-0.1, -0.05) is 0 Å². The first-order chi connectivity index (χ1) is 9.90. The van der Waals surface area contributed by atoms with Gasteiger partial charge in [-0.15, -0.1) is 0 Å². The minimum absolute atomic E-state index is 0.0164. The zero-order valence-corrected chi connectivity index (χ0v) is 12.3. The lowest BCUT2D eigenvalue weighted by molar-refractivity contribution is -0.0329. The van der Waals surface area contributed by atoms with Crippen LogP contribution in [0.15, 0.2) is 23.4 Å². The van der Waals surface area contributed by atoms with Crippen molar-refractivity contribution in [3.05, 3.63) is 23.9 Å². The second-order valence-electron chi connectivity index (χ2n) is 4.76. The van der Waals surface area contributed by atoms with Gasteiger partial charge in [-0.05, 0) is 32.0 Å². The molecule has 2 heterocycles. The molecular formula is C13H16F3N3OS. The Balaban J connectivity index is 2.13. The maximum Gasteiger partial charge on any atom is 0.447 e. The molecule has 1 fully saturated rings. The second kappa shape index (κ2) is 6.65. The molecule has 2 rings (SSSR count). The molecule has 0 atom stereocenters. The molecule has 8 heteroatoms. The Bertz CT molecular complexity index is 502. The van der Waals surface area contributed by atoms with Crippen LogP contribution in [-0.2, 0) is 0 Å². The van der Waals surface area contributed by atoms with Crippen LogP contribution in [0.5, 0.6) is 0 Å². The summed E-state index contributed by atoms with van der Waals surface area (Å²) < 4.78 is 37.5. The van der Waals surface area contributed by atoms with Crippen molar-refractivity contribution in [1.82, 2.24) is 15.2 Å². The molecule has 0 aromatic carbocycles. The summed E-state index contributed by atoms with van der Waals surface area (Å²) in [5, 5.41) is 2.86. The Hall–Kier alpha value is -1.28. The maximum absolute atomic E-state index is 12.5. The molecule has 1 aromatic rings. The minimum Gasteiger partial charge on any atom is -0.338 e. The fraction of sp³-hybridized carbons (Fsp3) is 0.538. The zero-order chi connectivity index (χ0) is 15.5. The highest BCUT2D eigenvalue weighted by Gasteiger charge is 2.33. The third kappa shape index (κ3) is 4.34. The maximum atomic E-state index is 12.5. The summed E-state index contributed by atoms with van der Waals surface area (Å²) in [4.78, 5) is 17.7. The van der Waals surface area contributed by atoms with Gasteiger partial charge < -0.3 is 10.2 Å². The van der Waals surface area contributed by atoms with Crippen LogP contribution in [0.25, 0.3) is 0 Å². The van der Waals surface area contributed by atoms with Gasteiger partial charge in [-0.25, -0.2) is 4.98 Å².